The lowest BCUT2D eigenvalue weighted by molar-refractivity contribution is -0.139. The summed E-state index contributed by atoms with van der Waals surface area (Å²) in [6.07, 6.45) is 1.29. The van der Waals surface area contributed by atoms with Crippen LogP contribution in [0.4, 0.5) is 14.9 Å². The number of benzene rings is 2. The fourth-order valence-corrected chi connectivity index (χ4v) is 5.05. The van der Waals surface area contributed by atoms with Crippen LogP contribution in [0.5, 0.6) is 0 Å². The van der Waals surface area contributed by atoms with E-state index < -0.39 is 24.1 Å². The molecule has 1 N–H and O–H groups in total. The molecule has 5 rings (SSSR count). The molecule has 0 aliphatic carbocycles. The summed E-state index contributed by atoms with van der Waals surface area (Å²) in [7, 11) is 1.70. The van der Waals surface area contributed by atoms with Crippen LogP contribution in [0, 0.1) is 5.82 Å². The van der Waals surface area contributed by atoms with Crippen molar-refractivity contribution in [3.05, 3.63) is 65.5 Å². The van der Waals surface area contributed by atoms with Crippen molar-refractivity contribution in [2.24, 2.45) is 0 Å². The Hall–Kier alpha value is -2.97. The molecule has 3 aliphatic heterocycles. The van der Waals surface area contributed by atoms with E-state index in [9.17, 15) is 14.0 Å². The molecule has 3 amide bonds. The van der Waals surface area contributed by atoms with Gasteiger partial charge in [0.2, 0.25) is 0 Å². The lowest BCUT2D eigenvalue weighted by Crippen LogP contribution is -2.66. The van der Waals surface area contributed by atoms with Crippen LogP contribution in [0.25, 0.3) is 0 Å². The van der Waals surface area contributed by atoms with Gasteiger partial charge in [0.15, 0.2) is 0 Å². The van der Waals surface area contributed by atoms with Gasteiger partial charge >= 0.3 is 6.03 Å². The van der Waals surface area contributed by atoms with Crippen molar-refractivity contribution in [1.82, 2.24) is 20.0 Å². The quantitative estimate of drug-likeness (QED) is 0.797. The minimum atomic E-state index is -0.507. The minimum absolute atomic E-state index is 0.0708. The summed E-state index contributed by atoms with van der Waals surface area (Å²) >= 11 is 0. The van der Waals surface area contributed by atoms with Crippen molar-refractivity contribution in [1.29, 1.82) is 0 Å². The number of amides is 3. The molecular formula is C24H28FN5O2. The third kappa shape index (κ3) is 3.34. The first-order valence-electron chi connectivity index (χ1n) is 11.2. The molecule has 2 aromatic carbocycles. The number of anilines is 1. The number of aryl methyl sites for hydroxylation is 1. The number of nitrogens with zero attached hydrogens (tertiary/aromatic N) is 4. The van der Waals surface area contributed by atoms with Gasteiger partial charge in [0.1, 0.15) is 24.3 Å². The summed E-state index contributed by atoms with van der Waals surface area (Å²) in [5.74, 6) is -0.695. The monoisotopic (exact) mass is 437 g/mol. The highest BCUT2D eigenvalue weighted by molar-refractivity contribution is 6.00. The Balaban J connectivity index is 1.43. The molecule has 3 unspecified atom stereocenters. The van der Waals surface area contributed by atoms with Gasteiger partial charge in [-0.05, 0) is 36.6 Å². The van der Waals surface area contributed by atoms with Crippen molar-refractivity contribution in [3.63, 3.8) is 0 Å². The van der Waals surface area contributed by atoms with E-state index in [0.717, 1.165) is 31.6 Å². The fourth-order valence-electron chi connectivity index (χ4n) is 5.05. The predicted octanol–water partition coefficient (Wildman–Crippen LogP) is 2.58. The number of likely N-dealkylation sites (N-methyl/N-ethyl adjacent to an activating group) is 1. The van der Waals surface area contributed by atoms with E-state index in [1.165, 1.54) is 16.5 Å². The van der Waals surface area contributed by atoms with Crippen molar-refractivity contribution in [2.75, 3.05) is 25.0 Å². The zero-order valence-electron chi connectivity index (χ0n) is 18.4. The summed E-state index contributed by atoms with van der Waals surface area (Å²) < 4.78 is 14.2. The Labute approximate surface area is 187 Å². The topological polar surface area (TPSA) is 59.1 Å². The summed E-state index contributed by atoms with van der Waals surface area (Å²) in [5, 5.41) is 3.51. The van der Waals surface area contributed by atoms with Gasteiger partial charge in [-0.2, -0.15) is 0 Å². The van der Waals surface area contributed by atoms with Crippen LogP contribution in [0.1, 0.15) is 24.5 Å². The lowest BCUT2D eigenvalue weighted by Gasteiger charge is -2.44. The number of halogens is 1. The van der Waals surface area contributed by atoms with Crippen LogP contribution in [-0.2, 0) is 17.8 Å². The van der Waals surface area contributed by atoms with E-state index in [4.69, 9.17) is 0 Å². The van der Waals surface area contributed by atoms with E-state index in [-0.39, 0.29) is 18.7 Å². The maximum atomic E-state index is 14.2. The van der Waals surface area contributed by atoms with E-state index >= 15 is 0 Å². The molecule has 3 atom stereocenters. The molecule has 0 spiro atoms. The average Bonchev–Trinajstić information content (AvgIpc) is 3.22. The number of imide groups is 1. The van der Waals surface area contributed by atoms with Crippen LogP contribution in [0.2, 0.25) is 0 Å². The smallest absolute Gasteiger partial charge is 0.328 e. The largest absolute Gasteiger partial charge is 0.343 e. The van der Waals surface area contributed by atoms with E-state index in [1.54, 1.807) is 30.1 Å². The second-order valence-corrected chi connectivity index (χ2v) is 8.64. The molecule has 3 heterocycles. The Morgan fingerprint density at radius 3 is 2.53 bits per heavy atom. The number of hydrogen-bond acceptors (Lipinski definition) is 5. The number of fused-ring (bicyclic) bond motifs is 3. The standard InChI is InChI=1S/C24H28FN5O2/c1-3-16-9-11-18(12-10-16)28-13-6-14-29-20-21(26-23(28)29)27(2)24(32)30(22(20)31)15-17-7-4-5-8-19(17)25/h4-5,7-12,20-21,23,26H,3,6,13-15H2,1-2H3. The average molecular weight is 438 g/mol. The van der Waals surface area contributed by atoms with Crippen LogP contribution in [0.15, 0.2) is 48.5 Å². The zero-order chi connectivity index (χ0) is 22.4. The van der Waals surface area contributed by atoms with E-state index in [1.807, 2.05) is 0 Å². The molecule has 0 saturated carbocycles. The van der Waals surface area contributed by atoms with Crippen molar-refractivity contribution < 1.29 is 14.0 Å². The Kier molecular flexibility index (Phi) is 5.35. The number of hydrogen-bond donors (Lipinski definition) is 1. The van der Waals surface area contributed by atoms with Gasteiger partial charge in [-0.15, -0.1) is 0 Å². The van der Waals surface area contributed by atoms with Gasteiger partial charge in [0.25, 0.3) is 5.91 Å². The summed E-state index contributed by atoms with van der Waals surface area (Å²) in [6.45, 7) is 3.68. The predicted molar refractivity (Wildman–Crippen MR) is 119 cm³/mol. The van der Waals surface area contributed by atoms with Gasteiger partial charge in [-0.1, -0.05) is 37.3 Å². The third-order valence-corrected chi connectivity index (χ3v) is 6.83. The van der Waals surface area contributed by atoms with E-state index in [0.29, 0.717) is 5.56 Å². The van der Waals surface area contributed by atoms with Crippen molar-refractivity contribution in [2.45, 2.75) is 44.8 Å². The second-order valence-electron chi connectivity index (χ2n) is 8.64. The molecular weight excluding hydrogens is 409 g/mol. The molecule has 0 bridgehead atoms. The number of rotatable bonds is 4. The highest BCUT2D eigenvalue weighted by Crippen LogP contribution is 2.33. The highest BCUT2D eigenvalue weighted by Gasteiger charge is 2.56. The highest BCUT2D eigenvalue weighted by atomic mass is 19.1. The second kappa shape index (κ2) is 8.18. The maximum absolute atomic E-state index is 14.2. The number of carbonyl (C=O) groups excluding carboxylic acids is 2. The van der Waals surface area contributed by atoms with Crippen LogP contribution >= 0.6 is 0 Å². The SMILES string of the molecule is CCc1ccc(N2CCCN3C4C(=O)N(Cc5ccccc5F)C(=O)N(C)C4NC23)cc1. The normalized spacial score (nSPS) is 25.8. The molecule has 3 fully saturated rings. The van der Waals surface area contributed by atoms with Gasteiger partial charge in [-0.25, -0.2) is 9.18 Å². The molecule has 0 aromatic heterocycles. The lowest BCUT2D eigenvalue weighted by atomic mass is 10.1. The molecule has 3 aliphatic rings. The Morgan fingerprint density at radius 2 is 1.81 bits per heavy atom. The van der Waals surface area contributed by atoms with Gasteiger partial charge in [0, 0.05) is 31.4 Å². The molecule has 3 saturated heterocycles. The van der Waals surface area contributed by atoms with Crippen molar-refractivity contribution in [3.8, 4) is 0 Å². The minimum Gasteiger partial charge on any atom is -0.343 e. The Bertz CT molecular complexity index is 1030. The number of carbonyl (C=O) groups is 2. The Morgan fingerprint density at radius 1 is 1.06 bits per heavy atom. The number of nitrogens with one attached hydrogen (secondary N) is 1. The first kappa shape index (κ1) is 20.9. The molecule has 2 aromatic rings. The maximum Gasteiger partial charge on any atom is 0.328 e. The van der Waals surface area contributed by atoms with Crippen molar-refractivity contribution >= 4 is 17.6 Å². The number of urea groups is 1. The molecule has 168 valence electrons. The molecule has 32 heavy (non-hydrogen) atoms. The van der Waals surface area contributed by atoms with Gasteiger partial charge in [0.05, 0.1) is 6.54 Å². The van der Waals surface area contributed by atoms with Crippen LogP contribution < -0.4 is 10.2 Å². The zero-order valence-corrected chi connectivity index (χ0v) is 18.4. The third-order valence-electron chi connectivity index (χ3n) is 6.83. The molecule has 7 nitrogen and oxygen atoms in total. The van der Waals surface area contributed by atoms with Crippen LogP contribution in [0.3, 0.4) is 0 Å². The van der Waals surface area contributed by atoms with Crippen LogP contribution in [-0.4, -0.2) is 65.3 Å². The first-order valence-corrected chi connectivity index (χ1v) is 11.2. The van der Waals surface area contributed by atoms with Gasteiger partial charge in [-0.3, -0.25) is 19.9 Å². The van der Waals surface area contributed by atoms with E-state index in [2.05, 4.69) is 46.3 Å². The summed E-state index contributed by atoms with van der Waals surface area (Å²) in [5.41, 5.74) is 2.70. The summed E-state index contributed by atoms with van der Waals surface area (Å²) in [4.78, 5) is 33.7. The van der Waals surface area contributed by atoms with Gasteiger partial charge < -0.3 is 9.80 Å². The summed E-state index contributed by atoms with van der Waals surface area (Å²) in [6, 6.07) is 13.9. The fraction of sp³-hybridized carbons (Fsp3) is 0.417. The first-order chi connectivity index (χ1) is 15.5. The molecule has 0 radical (unpaired) electrons. The molecule has 8 heteroatoms.